The minimum atomic E-state index is -0.0721. The molecule has 70 valence electrons. The van der Waals surface area contributed by atoms with Gasteiger partial charge in [0.15, 0.2) is 0 Å². The third-order valence-electron chi connectivity index (χ3n) is 2.63. The largest absolute Gasteiger partial charge is 0.303 e. The Morgan fingerprint density at radius 3 is 2.85 bits per heavy atom. The van der Waals surface area contributed by atoms with Gasteiger partial charge in [0.05, 0.1) is 15.0 Å². The summed E-state index contributed by atoms with van der Waals surface area (Å²) in [6, 6.07) is 0. The minimum Gasteiger partial charge on any atom is -0.303 e. The lowest BCUT2D eigenvalue weighted by Gasteiger charge is -2.35. The number of hydrogen-bond acceptors (Lipinski definition) is 3. The van der Waals surface area contributed by atoms with Gasteiger partial charge in [0, 0.05) is 11.8 Å². The van der Waals surface area contributed by atoms with Crippen molar-refractivity contribution in [2.45, 2.75) is 25.7 Å². The van der Waals surface area contributed by atoms with E-state index in [9.17, 15) is 4.79 Å². The highest BCUT2D eigenvalue weighted by Crippen LogP contribution is 2.42. The molecule has 1 aliphatic carbocycles. The van der Waals surface area contributed by atoms with Gasteiger partial charge in [-0.15, -0.1) is 11.3 Å². The van der Waals surface area contributed by atoms with Gasteiger partial charge in [-0.3, -0.25) is 0 Å². The number of carbonyl (C=O) groups excluding carboxylic acids is 1. The summed E-state index contributed by atoms with van der Waals surface area (Å²) >= 11 is 5.00. The highest BCUT2D eigenvalue weighted by atomic mass is 79.9. The maximum absolute atomic E-state index is 10.9. The number of aromatic nitrogens is 1. The van der Waals surface area contributed by atoms with Crippen molar-refractivity contribution in [3.8, 4) is 0 Å². The first-order chi connectivity index (χ1) is 6.24. The Bertz CT molecular complexity index is 319. The molecule has 0 bridgehead atoms. The van der Waals surface area contributed by atoms with Crippen LogP contribution in [0.4, 0.5) is 0 Å². The summed E-state index contributed by atoms with van der Waals surface area (Å²) in [6.07, 6.45) is 7.00. The maximum atomic E-state index is 10.9. The van der Waals surface area contributed by atoms with Gasteiger partial charge in [0.2, 0.25) is 0 Å². The second-order valence-corrected chi connectivity index (χ2v) is 6.06. The van der Waals surface area contributed by atoms with Gasteiger partial charge >= 0.3 is 0 Å². The summed E-state index contributed by atoms with van der Waals surface area (Å²) in [4.78, 5) is 15.1. The Hall–Kier alpha value is -0.220. The van der Waals surface area contributed by atoms with E-state index in [2.05, 4.69) is 20.9 Å². The summed E-state index contributed by atoms with van der Waals surface area (Å²) in [5.41, 5.74) is -0.0721. The molecule has 1 fully saturated rings. The van der Waals surface area contributed by atoms with E-state index in [4.69, 9.17) is 0 Å². The fourth-order valence-corrected chi connectivity index (χ4v) is 3.10. The predicted molar refractivity (Wildman–Crippen MR) is 55.9 cm³/mol. The Labute approximate surface area is 89.5 Å². The Kier molecular flexibility index (Phi) is 2.51. The lowest BCUT2D eigenvalue weighted by Crippen LogP contribution is -2.33. The van der Waals surface area contributed by atoms with Crippen molar-refractivity contribution in [2.24, 2.45) is 5.41 Å². The second-order valence-electron chi connectivity index (χ2n) is 3.57. The predicted octanol–water partition coefficient (Wildman–Crippen LogP) is 2.82. The molecule has 1 aromatic rings. The first-order valence-electron chi connectivity index (χ1n) is 4.31. The Morgan fingerprint density at radius 2 is 2.46 bits per heavy atom. The molecule has 1 aromatic heterocycles. The number of hydrogen-bond donors (Lipinski definition) is 0. The van der Waals surface area contributed by atoms with Crippen LogP contribution in [0.25, 0.3) is 0 Å². The molecule has 1 saturated carbocycles. The van der Waals surface area contributed by atoms with E-state index in [-0.39, 0.29) is 5.41 Å². The fourth-order valence-electron chi connectivity index (χ4n) is 1.64. The lowest BCUT2D eigenvalue weighted by atomic mass is 9.68. The molecule has 1 aliphatic rings. The number of thiazole rings is 1. The van der Waals surface area contributed by atoms with Crippen LogP contribution >= 0.6 is 27.3 Å². The maximum Gasteiger partial charge on any atom is 0.126 e. The van der Waals surface area contributed by atoms with Crippen molar-refractivity contribution in [2.75, 3.05) is 0 Å². The van der Waals surface area contributed by atoms with Crippen LogP contribution < -0.4 is 0 Å². The zero-order valence-corrected chi connectivity index (χ0v) is 9.53. The molecule has 0 atom stereocenters. The van der Waals surface area contributed by atoms with Gasteiger partial charge in [-0.25, -0.2) is 4.98 Å². The molecule has 0 saturated heterocycles. The van der Waals surface area contributed by atoms with Crippen molar-refractivity contribution in [1.29, 1.82) is 0 Å². The monoisotopic (exact) mass is 259 g/mol. The third-order valence-corrected chi connectivity index (χ3v) is 4.10. The van der Waals surface area contributed by atoms with E-state index in [1.165, 1.54) is 6.42 Å². The first kappa shape index (κ1) is 9.34. The summed E-state index contributed by atoms with van der Waals surface area (Å²) in [5, 5.41) is 1.07. The molecular formula is C9H10BrNOS. The highest BCUT2D eigenvalue weighted by Gasteiger charge is 2.37. The summed E-state index contributed by atoms with van der Waals surface area (Å²) in [5.74, 6) is 0. The molecule has 2 nitrogen and oxygen atoms in total. The summed E-state index contributed by atoms with van der Waals surface area (Å²) in [7, 11) is 0. The Morgan fingerprint density at radius 1 is 1.69 bits per heavy atom. The molecule has 0 radical (unpaired) electrons. The zero-order chi connectivity index (χ0) is 9.31. The number of aldehydes is 1. The van der Waals surface area contributed by atoms with E-state index in [0.717, 1.165) is 34.3 Å². The average molecular weight is 260 g/mol. The van der Waals surface area contributed by atoms with E-state index < -0.39 is 0 Å². The van der Waals surface area contributed by atoms with E-state index in [0.29, 0.717) is 0 Å². The molecule has 1 heterocycles. The molecule has 4 heteroatoms. The number of nitrogens with zero attached hydrogens (tertiary/aromatic N) is 1. The van der Waals surface area contributed by atoms with Crippen molar-refractivity contribution in [3.63, 3.8) is 0 Å². The molecule has 0 unspecified atom stereocenters. The standard InChI is InChI=1S/C9H10BrNOS/c10-7-5-11-8(13-7)4-9(6-12)2-1-3-9/h5-6H,1-4H2. The van der Waals surface area contributed by atoms with E-state index in [1.807, 2.05) is 0 Å². The van der Waals surface area contributed by atoms with Crippen LogP contribution in [0, 0.1) is 5.41 Å². The second kappa shape index (κ2) is 3.50. The van der Waals surface area contributed by atoms with Gasteiger partial charge in [-0.2, -0.15) is 0 Å². The summed E-state index contributed by atoms with van der Waals surface area (Å²) < 4.78 is 1.04. The van der Waals surface area contributed by atoms with E-state index in [1.54, 1.807) is 17.5 Å². The van der Waals surface area contributed by atoms with Crippen LogP contribution in [0.1, 0.15) is 24.3 Å². The SMILES string of the molecule is O=CC1(Cc2ncc(Br)s2)CCC1. The number of carbonyl (C=O) groups is 1. The van der Waals surface area contributed by atoms with Crippen molar-refractivity contribution >= 4 is 33.6 Å². The molecule has 0 amide bonds. The molecule has 2 rings (SSSR count). The van der Waals surface area contributed by atoms with Gasteiger partial charge in [-0.1, -0.05) is 6.42 Å². The van der Waals surface area contributed by atoms with Crippen LogP contribution in [0.3, 0.4) is 0 Å². The molecular weight excluding hydrogens is 250 g/mol. The molecule has 0 aliphatic heterocycles. The van der Waals surface area contributed by atoms with Crippen molar-refractivity contribution < 1.29 is 4.79 Å². The minimum absolute atomic E-state index is 0.0721. The lowest BCUT2D eigenvalue weighted by molar-refractivity contribution is -0.120. The molecule has 13 heavy (non-hydrogen) atoms. The van der Waals surface area contributed by atoms with Crippen LogP contribution in [-0.2, 0) is 11.2 Å². The highest BCUT2D eigenvalue weighted by molar-refractivity contribution is 9.11. The molecule has 0 N–H and O–H groups in total. The topological polar surface area (TPSA) is 30.0 Å². The summed E-state index contributed by atoms with van der Waals surface area (Å²) in [6.45, 7) is 0. The van der Waals surface area contributed by atoms with Crippen LogP contribution in [0.5, 0.6) is 0 Å². The average Bonchev–Trinajstić information content (AvgIpc) is 2.44. The fraction of sp³-hybridized carbons (Fsp3) is 0.556. The van der Waals surface area contributed by atoms with Gasteiger partial charge in [0.25, 0.3) is 0 Å². The number of rotatable bonds is 3. The number of halogens is 1. The smallest absolute Gasteiger partial charge is 0.126 e. The quantitative estimate of drug-likeness (QED) is 0.782. The van der Waals surface area contributed by atoms with Gasteiger partial charge in [0.1, 0.15) is 6.29 Å². The van der Waals surface area contributed by atoms with Crippen LogP contribution in [0.2, 0.25) is 0 Å². The Balaban J connectivity index is 2.08. The molecule has 0 aromatic carbocycles. The zero-order valence-electron chi connectivity index (χ0n) is 7.12. The van der Waals surface area contributed by atoms with Crippen molar-refractivity contribution in [1.82, 2.24) is 4.98 Å². The third kappa shape index (κ3) is 1.83. The molecule has 0 spiro atoms. The van der Waals surface area contributed by atoms with Crippen LogP contribution in [-0.4, -0.2) is 11.3 Å². The normalized spacial score (nSPS) is 19.5. The van der Waals surface area contributed by atoms with Gasteiger partial charge < -0.3 is 4.79 Å². The van der Waals surface area contributed by atoms with Crippen molar-refractivity contribution in [3.05, 3.63) is 15.0 Å². The van der Waals surface area contributed by atoms with Crippen LogP contribution in [0.15, 0.2) is 9.98 Å². The first-order valence-corrected chi connectivity index (χ1v) is 5.92. The van der Waals surface area contributed by atoms with Gasteiger partial charge in [-0.05, 0) is 28.8 Å². The van der Waals surface area contributed by atoms with E-state index >= 15 is 0 Å².